The van der Waals surface area contributed by atoms with Crippen LogP contribution in [0.1, 0.15) is 24.0 Å². The van der Waals surface area contributed by atoms with E-state index in [9.17, 15) is 4.79 Å². The normalized spacial score (nSPS) is 24.3. The average molecular weight is 221 g/mol. The van der Waals surface area contributed by atoms with Gasteiger partial charge in [0.1, 0.15) is 0 Å². The molecule has 1 aliphatic rings. The molecule has 0 bridgehead atoms. The van der Waals surface area contributed by atoms with Crippen LogP contribution in [0.2, 0.25) is 0 Å². The Morgan fingerprint density at radius 2 is 2.06 bits per heavy atom. The highest BCUT2D eigenvalue weighted by atomic mass is 16.7. The molecule has 1 aromatic carbocycles. The maximum Gasteiger partial charge on any atom is 0.507 e. The van der Waals surface area contributed by atoms with Gasteiger partial charge in [0.2, 0.25) is 0 Å². The molecule has 0 heterocycles. The first kappa shape index (κ1) is 11.0. The summed E-state index contributed by atoms with van der Waals surface area (Å²) in [5.74, 6) is 0. The summed E-state index contributed by atoms with van der Waals surface area (Å²) in [7, 11) is 0. The van der Waals surface area contributed by atoms with E-state index in [2.05, 4.69) is 6.07 Å². The van der Waals surface area contributed by atoms with Crippen molar-refractivity contribution in [2.45, 2.75) is 31.4 Å². The van der Waals surface area contributed by atoms with Gasteiger partial charge in [-0.25, -0.2) is 4.79 Å². The van der Waals surface area contributed by atoms with E-state index in [-0.39, 0.29) is 0 Å². The largest absolute Gasteiger partial charge is 0.507 e. The van der Waals surface area contributed by atoms with Crippen molar-refractivity contribution >= 4 is 6.16 Å². The van der Waals surface area contributed by atoms with Gasteiger partial charge in [-0.3, -0.25) is 5.73 Å². The number of rotatable bonds is 1. The number of nitrogens with two attached hydrogens (primary N) is 1. The standard InChI is InChI=1S/C12H15NO3/c13-12(16-11(14)15)7-3-6-9-4-1-2-5-10(9)8-12/h1-2,4-5H,3,6-8,13H2,(H,14,15). The van der Waals surface area contributed by atoms with E-state index in [0.29, 0.717) is 12.8 Å². The topological polar surface area (TPSA) is 72.5 Å². The average Bonchev–Trinajstić information content (AvgIpc) is 2.34. The summed E-state index contributed by atoms with van der Waals surface area (Å²) < 4.78 is 4.81. The lowest BCUT2D eigenvalue weighted by atomic mass is 10.0. The maximum atomic E-state index is 10.6. The summed E-state index contributed by atoms with van der Waals surface area (Å²) in [4.78, 5) is 10.6. The number of fused-ring (bicyclic) bond motifs is 1. The van der Waals surface area contributed by atoms with Crippen LogP contribution >= 0.6 is 0 Å². The van der Waals surface area contributed by atoms with Gasteiger partial charge in [-0.05, 0) is 24.0 Å². The van der Waals surface area contributed by atoms with Gasteiger partial charge in [0, 0.05) is 12.8 Å². The molecule has 1 unspecified atom stereocenters. The van der Waals surface area contributed by atoms with Gasteiger partial charge in [-0.2, -0.15) is 0 Å². The molecule has 0 fully saturated rings. The molecule has 4 heteroatoms. The maximum absolute atomic E-state index is 10.6. The molecular weight excluding hydrogens is 206 g/mol. The molecule has 2 rings (SSSR count). The highest BCUT2D eigenvalue weighted by Gasteiger charge is 2.32. The Morgan fingerprint density at radius 3 is 2.75 bits per heavy atom. The van der Waals surface area contributed by atoms with Crippen molar-refractivity contribution in [2.24, 2.45) is 5.73 Å². The number of hydrogen-bond donors (Lipinski definition) is 2. The molecule has 1 aromatic rings. The second-order valence-electron chi connectivity index (χ2n) is 4.23. The van der Waals surface area contributed by atoms with Gasteiger partial charge in [0.25, 0.3) is 0 Å². The second-order valence-corrected chi connectivity index (χ2v) is 4.23. The Bertz CT molecular complexity index is 405. The van der Waals surface area contributed by atoms with Crippen molar-refractivity contribution in [3.05, 3.63) is 35.4 Å². The number of hydrogen-bond acceptors (Lipinski definition) is 3. The van der Waals surface area contributed by atoms with Gasteiger partial charge in [0.15, 0.2) is 5.72 Å². The molecule has 0 saturated heterocycles. The highest BCUT2D eigenvalue weighted by Crippen LogP contribution is 2.26. The summed E-state index contributed by atoms with van der Waals surface area (Å²) in [6.45, 7) is 0. The fraction of sp³-hybridized carbons (Fsp3) is 0.417. The first-order valence-corrected chi connectivity index (χ1v) is 5.37. The molecule has 86 valence electrons. The van der Waals surface area contributed by atoms with Crippen LogP contribution in [0, 0.1) is 0 Å². The second kappa shape index (κ2) is 4.14. The Labute approximate surface area is 94.0 Å². The van der Waals surface area contributed by atoms with Gasteiger partial charge in [-0.15, -0.1) is 0 Å². The first-order chi connectivity index (χ1) is 7.59. The van der Waals surface area contributed by atoms with Gasteiger partial charge < -0.3 is 9.84 Å². The lowest BCUT2D eigenvalue weighted by Crippen LogP contribution is -2.45. The number of aryl methyl sites for hydroxylation is 1. The third kappa shape index (κ3) is 2.33. The third-order valence-electron chi connectivity index (χ3n) is 2.94. The Kier molecular flexibility index (Phi) is 2.83. The van der Waals surface area contributed by atoms with Crippen LogP contribution in [0.4, 0.5) is 4.79 Å². The Morgan fingerprint density at radius 1 is 1.38 bits per heavy atom. The number of carboxylic acid groups (broad SMARTS) is 1. The van der Waals surface area contributed by atoms with Crippen molar-refractivity contribution < 1.29 is 14.6 Å². The quantitative estimate of drug-likeness (QED) is 0.431. The SMILES string of the molecule is NC1(OC(=O)O)CCCc2ccccc2C1. The summed E-state index contributed by atoms with van der Waals surface area (Å²) in [5.41, 5.74) is 7.23. The van der Waals surface area contributed by atoms with Crippen LogP contribution < -0.4 is 5.73 Å². The minimum Gasteiger partial charge on any atom is -0.450 e. The molecule has 0 amide bonds. The van der Waals surface area contributed by atoms with Crippen molar-refractivity contribution in [1.82, 2.24) is 0 Å². The summed E-state index contributed by atoms with van der Waals surface area (Å²) in [6, 6.07) is 7.96. The molecule has 0 spiro atoms. The number of carbonyl (C=O) groups is 1. The number of benzene rings is 1. The lowest BCUT2D eigenvalue weighted by molar-refractivity contribution is -0.0201. The first-order valence-electron chi connectivity index (χ1n) is 5.37. The van der Waals surface area contributed by atoms with E-state index in [4.69, 9.17) is 15.6 Å². The predicted octanol–water partition coefficient (Wildman–Crippen LogP) is 1.92. The summed E-state index contributed by atoms with van der Waals surface area (Å²) in [6.07, 6.45) is 1.49. The fourth-order valence-corrected chi connectivity index (χ4v) is 2.22. The predicted molar refractivity (Wildman–Crippen MR) is 59.1 cm³/mol. The monoisotopic (exact) mass is 221 g/mol. The van der Waals surface area contributed by atoms with E-state index in [1.165, 1.54) is 5.56 Å². The summed E-state index contributed by atoms with van der Waals surface area (Å²) >= 11 is 0. The van der Waals surface area contributed by atoms with Crippen molar-refractivity contribution in [3.63, 3.8) is 0 Å². The molecule has 0 radical (unpaired) electrons. The third-order valence-corrected chi connectivity index (χ3v) is 2.94. The van der Waals surface area contributed by atoms with Crippen molar-refractivity contribution in [1.29, 1.82) is 0 Å². The zero-order chi connectivity index (χ0) is 11.6. The number of ether oxygens (including phenoxy) is 1. The molecule has 3 N–H and O–H groups in total. The van der Waals surface area contributed by atoms with Gasteiger partial charge >= 0.3 is 6.16 Å². The zero-order valence-corrected chi connectivity index (χ0v) is 8.98. The van der Waals surface area contributed by atoms with E-state index < -0.39 is 11.9 Å². The molecule has 0 aliphatic heterocycles. The zero-order valence-electron chi connectivity index (χ0n) is 8.98. The summed E-state index contributed by atoms with van der Waals surface area (Å²) in [5, 5.41) is 8.67. The molecule has 0 aromatic heterocycles. The van der Waals surface area contributed by atoms with E-state index in [0.717, 1.165) is 18.4 Å². The van der Waals surface area contributed by atoms with Crippen LogP contribution in [0.15, 0.2) is 24.3 Å². The van der Waals surface area contributed by atoms with Crippen LogP contribution in [0.5, 0.6) is 0 Å². The van der Waals surface area contributed by atoms with Crippen molar-refractivity contribution in [2.75, 3.05) is 0 Å². The van der Waals surface area contributed by atoms with E-state index >= 15 is 0 Å². The van der Waals surface area contributed by atoms with Crippen LogP contribution in [-0.4, -0.2) is 17.0 Å². The van der Waals surface area contributed by atoms with Crippen LogP contribution in [-0.2, 0) is 17.6 Å². The molecule has 0 saturated carbocycles. The van der Waals surface area contributed by atoms with E-state index in [1.807, 2.05) is 18.2 Å². The lowest BCUT2D eigenvalue weighted by Gasteiger charge is -2.26. The van der Waals surface area contributed by atoms with Crippen LogP contribution in [0.3, 0.4) is 0 Å². The van der Waals surface area contributed by atoms with E-state index in [1.54, 1.807) is 0 Å². The minimum atomic E-state index is -1.30. The minimum absolute atomic E-state index is 0.454. The van der Waals surface area contributed by atoms with Crippen molar-refractivity contribution in [3.8, 4) is 0 Å². The molecular formula is C12H15NO3. The van der Waals surface area contributed by atoms with Gasteiger partial charge in [-0.1, -0.05) is 24.3 Å². The Hall–Kier alpha value is -1.55. The fourth-order valence-electron chi connectivity index (χ4n) is 2.22. The molecule has 4 nitrogen and oxygen atoms in total. The van der Waals surface area contributed by atoms with Gasteiger partial charge in [0.05, 0.1) is 0 Å². The highest BCUT2D eigenvalue weighted by molar-refractivity contribution is 5.57. The Balaban J connectivity index is 2.25. The molecule has 1 aliphatic carbocycles. The molecule has 16 heavy (non-hydrogen) atoms. The molecule has 1 atom stereocenters. The van der Waals surface area contributed by atoms with Crippen LogP contribution in [0.25, 0.3) is 0 Å². The smallest absolute Gasteiger partial charge is 0.450 e.